The van der Waals surface area contributed by atoms with Gasteiger partial charge in [0.2, 0.25) is 0 Å². The Kier molecular flexibility index (Phi) is 4.96. The third-order valence-electron chi connectivity index (χ3n) is 3.06. The summed E-state index contributed by atoms with van der Waals surface area (Å²) in [5.74, 6) is 0.147. The van der Waals surface area contributed by atoms with Crippen molar-refractivity contribution in [2.24, 2.45) is 0 Å². The molecule has 0 saturated heterocycles. The maximum Gasteiger partial charge on any atom is 0.254 e. The molecule has 0 aliphatic heterocycles. The van der Waals surface area contributed by atoms with E-state index in [1.807, 2.05) is 32.2 Å². The van der Waals surface area contributed by atoms with Crippen LogP contribution in [0.4, 0.5) is 0 Å². The number of carbonyl (C=O) groups is 1. The van der Waals surface area contributed by atoms with Gasteiger partial charge in [0, 0.05) is 23.7 Å². The number of carbonyl (C=O) groups excluding carboxylic acids is 1. The summed E-state index contributed by atoms with van der Waals surface area (Å²) in [7, 11) is 1.76. The highest BCUT2D eigenvalue weighted by Crippen LogP contribution is 2.19. The van der Waals surface area contributed by atoms with E-state index in [-0.39, 0.29) is 11.8 Å². The van der Waals surface area contributed by atoms with Gasteiger partial charge in [-0.3, -0.25) is 4.79 Å². The fourth-order valence-corrected chi connectivity index (χ4v) is 2.77. The molecule has 2 heterocycles. The average molecular weight is 324 g/mol. The molecule has 0 spiro atoms. The van der Waals surface area contributed by atoms with Crippen molar-refractivity contribution in [1.82, 2.24) is 14.9 Å². The fraction of sp³-hybridized carbons (Fsp3) is 0.400. The average Bonchev–Trinajstić information content (AvgIpc) is 2.82. The first kappa shape index (κ1) is 15.9. The van der Waals surface area contributed by atoms with Crippen molar-refractivity contribution < 1.29 is 4.79 Å². The fourth-order valence-electron chi connectivity index (χ4n) is 1.95. The monoisotopic (exact) mass is 323 g/mol. The van der Waals surface area contributed by atoms with Crippen molar-refractivity contribution in [1.29, 1.82) is 0 Å². The Morgan fingerprint density at radius 3 is 2.67 bits per heavy atom. The summed E-state index contributed by atoms with van der Waals surface area (Å²) in [5.41, 5.74) is 2.29. The van der Waals surface area contributed by atoms with E-state index in [2.05, 4.69) is 9.97 Å². The van der Waals surface area contributed by atoms with Gasteiger partial charge in [0.25, 0.3) is 5.91 Å². The second-order valence-corrected chi connectivity index (χ2v) is 6.73. The Balaban J connectivity index is 2.19. The number of thiazole rings is 1. The predicted molar refractivity (Wildman–Crippen MR) is 86.0 cm³/mol. The lowest BCUT2D eigenvalue weighted by atomic mass is 10.1. The largest absolute Gasteiger partial charge is 0.336 e. The summed E-state index contributed by atoms with van der Waals surface area (Å²) < 4.78 is 0. The summed E-state index contributed by atoms with van der Waals surface area (Å²) in [6.45, 7) is 6.48. The van der Waals surface area contributed by atoms with Gasteiger partial charge in [0.1, 0.15) is 5.15 Å². The Morgan fingerprint density at radius 2 is 2.10 bits per heavy atom. The Labute approximate surface area is 133 Å². The number of aromatic nitrogens is 2. The van der Waals surface area contributed by atoms with Crippen molar-refractivity contribution in [3.8, 4) is 0 Å². The van der Waals surface area contributed by atoms with Crippen LogP contribution in [0.15, 0.2) is 17.5 Å². The molecule has 0 unspecified atom stereocenters. The van der Waals surface area contributed by atoms with Gasteiger partial charge in [-0.1, -0.05) is 25.4 Å². The molecule has 0 fully saturated rings. The smallest absolute Gasteiger partial charge is 0.254 e. The van der Waals surface area contributed by atoms with Crippen molar-refractivity contribution >= 4 is 28.8 Å². The van der Waals surface area contributed by atoms with Crippen LogP contribution in [-0.4, -0.2) is 27.8 Å². The molecule has 2 rings (SSSR count). The zero-order valence-corrected chi connectivity index (χ0v) is 14.1. The van der Waals surface area contributed by atoms with Gasteiger partial charge in [-0.05, 0) is 25.0 Å². The molecule has 0 radical (unpaired) electrons. The van der Waals surface area contributed by atoms with Gasteiger partial charge < -0.3 is 4.90 Å². The minimum atomic E-state index is -0.0770. The van der Waals surface area contributed by atoms with E-state index in [0.29, 0.717) is 17.3 Å². The normalized spacial score (nSPS) is 11.0. The van der Waals surface area contributed by atoms with Crippen LogP contribution in [-0.2, 0) is 6.54 Å². The van der Waals surface area contributed by atoms with Crippen LogP contribution in [0, 0.1) is 6.92 Å². The van der Waals surface area contributed by atoms with Gasteiger partial charge in [0.05, 0.1) is 17.2 Å². The van der Waals surface area contributed by atoms with Crippen molar-refractivity contribution in [2.75, 3.05) is 7.05 Å². The van der Waals surface area contributed by atoms with E-state index in [1.165, 1.54) is 0 Å². The number of hydrogen-bond acceptors (Lipinski definition) is 4. The molecular formula is C15H18ClN3OS. The third-order valence-corrected chi connectivity index (χ3v) is 4.08. The van der Waals surface area contributed by atoms with Gasteiger partial charge in [-0.25, -0.2) is 9.97 Å². The number of pyridine rings is 1. The summed E-state index contributed by atoms with van der Waals surface area (Å²) >= 11 is 7.60. The number of hydrogen-bond donors (Lipinski definition) is 0. The molecule has 1 amide bonds. The van der Waals surface area contributed by atoms with Crippen molar-refractivity contribution in [3.63, 3.8) is 0 Å². The SMILES string of the molecule is Cc1nc(CN(C)C(=O)c2cc(Cl)nc(C(C)C)c2)cs1. The standard InChI is InChI=1S/C15H18ClN3OS/c1-9(2)13-5-11(6-14(16)18-13)15(20)19(4)7-12-8-21-10(3)17-12/h5-6,8-9H,7H2,1-4H3. The molecule has 0 aliphatic rings. The van der Waals surface area contributed by atoms with E-state index in [9.17, 15) is 4.79 Å². The minimum Gasteiger partial charge on any atom is -0.336 e. The van der Waals surface area contributed by atoms with Gasteiger partial charge in [-0.15, -0.1) is 11.3 Å². The highest BCUT2D eigenvalue weighted by Gasteiger charge is 2.16. The lowest BCUT2D eigenvalue weighted by Gasteiger charge is -2.17. The number of halogens is 1. The third kappa shape index (κ3) is 4.02. The zero-order chi connectivity index (χ0) is 15.6. The van der Waals surface area contributed by atoms with Gasteiger partial charge >= 0.3 is 0 Å². The number of nitrogens with zero attached hydrogens (tertiary/aromatic N) is 3. The first-order valence-electron chi connectivity index (χ1n) is 6.70. The van der Waals surface area contributed by atoms with E-state index in [4.69, 9.17) is 11.6 Å². The van der Waals surface area contributed by atoms with E-state index in [0.717, 1.165) is 16.4 Å². The lowest BCUT2D eigenvalue weighted by Crippen LogP contribution is -2.26. The topological polar surface area (TPSA) is 46.1 Å². The molecular weight excluding hydrogens is 306 g/mol. The van der Waals surface area contributed by atoms with Gasteiger partial charge in [0.15, 0.2) is 0 Å². The Bertz CT molecular complexity index is 654. The molecule has 0 aliphatic carbocycles. The van der Waals surface area contributed by atoms with Crippen LogP contribution in [0.1, 0.15) is 46.5 Å². The summed E-state index contributed by atoms with van der Waals surface area (Å²) in [4.78, 5) is 22.8. The molecule has 6 heteroatoms. The number of amides is 1. The van der Waals surface area contributed by atoms with E-state index < -0.39 is 0 Å². The van der Waals surface area contributed by atoms with Gasteiger partial charge in [-0.2, -0.15) is 0 Å². The predicted octanol–water partition coefficient (Wildman–Crippen LogP) is 3.90. The summed E-state index contributed by atoms with van der Waals surface area (Å²) in [6, 6.07) is 3.42. The maximum atomic E-state index is 12.5. The van der Waals surface area contributed by atoms with Crippen LogP contribution < -0.4 is 0 Å². The summed E-state index contributed by atoms with van der Waals surface area (Å²) in [5, 5.41) is 3.32. The van der Waals surface area contributed by atoms with Crippen LogP contribution in [0.2, 0.25) is 5.15 Å². The second kappa shape index (κ2) is 6.54. The summed E-state index contributed by atoms with van der Waals surface area (Å²) in [6.07, 6.45) is 0. The highest BCUT2D eigenvalue weighted by atomic mass is 35.5. The molecule has 0 atom stereocenters. The molecule has 2 aromatic heterocycles. The van der Waals surface area contributed by atoms with Crippen molar-refractivity contribution in [3.05, 3.63) is 44.6 Å². The Hall–Kier alpha value is -1.46. The van der Waals surface area contributed by atoms with Crippen LogP contribution in [0.25, 0.3) is 0 Å². The maximum absolute atomic E-state index is 12.5. The van der Waals surface area contributed by atoms with Crippen LogP contribution in [0.3, 0.4) is 0 Å². The molecule has 2 aromatic rings. The van der Waals surface area contributed by atoms with Crippen LogP contribution >= 0.6 is 22.9 Å². The molecule has 21 heavy (non-hydrogen) atoms. The quantitative estimate of drug-likeness (QED) is 0.802. The first-order chi connectivity index (χ1) is 9.86. The lowest BCUT2D eigenvalue weighted by molar-refractivity contribution is 0.0783. The molecule has 0 bridgehead atoms. The zero-order valence-electron chi connectivity index (χ0n) is 12.6. The number of rotatable bonds is 4. The molecule has 112 valence electrons. The Morgan fingerprint density at radius 1 is 1.38 bits per heavy atom. The minimum absolute atomic E-state index is 0.0770. The molecule has 0 aromatic carbocycles. The highest BCUT2D eigenvalue weighted by molar-refractivity contribution is 7.09. The first-order valence-corrected chi connectivity index (χ1v) is 7.96. The van der Waals surface area contributed by atoms with Crippen molar-refractivity contribution in [2.45, 2.75) is 33.2 Å². The molecule has 0 N–H and O–H groups in total. The van der Waals surface area contributed by atoms with E-state index >= 15 is 0 Å². The van der Waals surface area contributed by atoms with Crippen LogP contribution in [0.5, 0.6) is 0 Å². The molecule has 0 saturated carbocycles. The number of aryl methyl sites for hydroxylation is 1. The molecule has 4 nitrogen and oxygen atoms in total. The second-order valence-electron chi connectivity index (χ2n) is 5.28. The van der Waals surface area contributed by atoms with E-state index in [1.54, 1.807) is 29.4 Å².